The van der Waals surface area contributed by atoms with E-state index in [-0.39, 0.29) is 0 Å². The number of thiophene rings is 1. The van der Waals surface area contributed by atoms with Crippen molar-refractivity contribution in [2.24, 2.45) is 0 Å². The fourth-order valence-electron chi connectivity index (χ4n) is 12.6. The molecule has 0 N–H and O–H groups in total. The number of para-hydroxylation sites is 2. The molecule has 0 saturated heterocycles. The van der Waals surface area contributed by atoms with Gasteiger partial charge in [0.1, 0.15) is 0 Å². The van der Waals surface area contributed by atoms with Gasteiger partial charge in [0.2, 0.25) is 0 Å². The number of rotatable bonds is 9. The highest BCUT2D eigenvalue weighted by molar-refractivity contribution is 7.26. The Hall–Kier alpha value is -9.54. The fourth-order valence-corrected chi connectivity index (χ4v) is 13.7. The van der Waals surface area contributed by atoms with E-state index in [0.29, 0.717) is 0 Å². The molecule has 0 spiro atoms. The number of nitrogens with zero attached hydrogens (tertiary/aromatic N) is 2. The van der Waals surface area contributed by atoms with Gasteiger partial charge in [0.15, 0.2) is 0 Å². The molecule has 1 unspecified atom stereocenters. The number of hydrogen-bond acceptors (Lipinski definition) is 2. The Morgan fingerprint density at radius 2 is 0.895 bits per heavy atom. The molecule has 356 valence electrons. The Labute approximate surface area is 446 Å². The molecule has 0 aliphatic heterocycles. The quantitative estimate of drug-likeness (QED) is 0.140. The standard InChI is InChI=1S/C73H48N2S/c1-5-20-49(21-6-1)50-38-41-56(42-39-50)74(57-29-17-26-54(47-57)73(53-24-9-3-10-25-53)65-34-15-13-31-63(65)71-59(32-18-35-66(71)73)51-22-7-2-8-23-51)58-43-45-69-64(48-58)72-60(33-19-37-70(72)76-69)52-40-44-62-61-30-14-16-36-67(61)75(68(62)46-52)55-27-11-4-12-28-55/h1-48H. The molecule has 1 aliphatic rings. The summed E-state index contributed by atoms with van der Waals surface area (Å²) in [6, 6.07) is 108. The van der Waals surface area contributed by atoms with Gasteiger partial charge in [-0.1, -0.05) is 218 Å². The van der Waals surface area contributed by atoms with Crippen LogP contribution in [-0.2, 0) is 5.41 Å². The van der Waals surface area contributed by atoms with Gasteiger partial charge < -0.3 is 9.47 Å². The van der Waals surface area contributed by atoms with Crippen LogP contribution in [0.1, 0.15) is 22.3 Å². The maximum atomic E-state index is 2.47. The highest BCUT2D eigenvalue weighted by Crippen LogP contribution is 2.59. The molecule has 0 bridgehead atoms. The normalized spacial score (nSPS) is 13.8. The van der Waals surface area contributed by atoms with E-state index in [4.69, 9.17) is 0 Å². The zero-order valence-corrected chi connectivity index (χ0v) is 42.3. The van der Waals surface area contributed by atoms with Crippen molar-refractivity contribution in [1.82, 2.24) is 4.57 Å². The monoisotopic (exact) mass is 984 g/mol. The highest BCUT2D eigenvalue weighted by atomic mass is 32.1. The molecular formula is C73H48N2S. The summed E-state index contributed by atoms with van der Waals surface area (Å²) >= 11 is 1.87. The van der Waals surface area contributed by atoms with Crippen LogP contribution in [0.15, 0.2) is 291 Å². The second kappa shape index (κ2) is 17.8. The average Bonchev–Trinajstić information content (AvgIpc) is 4.16. The molecule has 1 aliphatic carbocycles. The van der Waals surface area contributed by atoms with Gasteiger partial charge in [-0.2, -0.15) is 0 Å². The van der Waals surface area contributed by atoms with E-state index in [9.17, 15) is 0 Å². The molecular weight excluding hydrogens is 937 g/mol. The number of anilines is 3. The molecule has 0 saturated carbocycles. The van der Waals surface area contributed by atoms with Crippen molar-refractivity contribution in [2.45, 2.75) is 5.41 Å². The third-order valence-corrected chi connectivity index (χ3v) is 17.0. The van der Waals surface area contributed by atoms with E-state index in [1.165, 1.54) is 109 Å². The maximum Gasteiger partial charge on any atom is 0.0714 e. The Bertz CT molecular complexity index is 4500. The summed E-state index contributed by atoms with van der Waals surface area (Å²) < 4.78 is 4.95. The third-order valence-electron chi connectivity index (χ3n) is 15.9. The van der Waals surface area contributed by atoms with Gasteiger partial charge in [-0.25, -0.2) is 0 Å². The van der Waals surface area contributed by atoms with Crippen LogP contribution in [0.5, 0.6) is 0 Å². The van der Waals surface area contributed by atoms with Crippen LogP contribution in [0.3, 0.4) is 0 Å². The molecule has 14 aromatic rings. The van der Waals surface area contributed by atoms with Crippen molar-refractivity contribution in [1.29, 1.82) is 0 Å². The first-order chi connectivity index (χ1) is 37.7. The van der Waals surface area contributed by atoms with Gasteiger partial charge in [0, 0.05) is 53.7 Å². The van der Waals surface area contributed by atoms with Crippen molar-refractivity contribution < 1.29 is 0 Å². The summed E-state index contributed by atoms with van der Waals surface area (Å²) in [6.07, 6.45) is 0. The van der Waals surface area contributed by atoms with Gasteiger partial charge in [-0.3, -0.25) is 0 Å². The lowest BCUT2D eigenvalue weighted by atomic mass is 9.67. The van der Waals surface area contributed by atoms with Crippen LogP contribution in [-0.4, -0.2) is 4.57 Å². The highest BCUT2D eigenvalue weighted by Gasteiger charge is 2.47. The van der Waals surface area contributed by atoms with Crippen LogP contribution in [0.4, 0.5) is 17.1 Å². The Morgan fingerprint density at radius 1 is 0.316 bits per heavy atom. The van der Waals surface area contributed by atoms with Gasteiger partial charge in [-0.05, 0) is 140 Å². The third kappa shape index (κ3) is 6.86. The van der Waals surface area contributed by atoms with E-state index in [0.717, 1.165) is 22.7 Å². The average molecular weight is 985 g/mol. The molecule has 3 heteroatoms. The topological polar surface area (TPSA) is 8.17 Å². The van der Waals surface area contributed by atoms with E-state index in [2.05, 4.69) is 301 Å². The largest absolute Gasteiger partial charge is 0.310 e. The van der Waals surface area contributed by atoms with Crippen molar-refractivity contribution >= 4 is 70.4 Å². The summed E-state index contributed by atoms with van der Waals surface area (Å²) in [5, 5.41) is 5.02. The van der Waals surface area contributed by atoms with E-state index in [1.807, 2.05) is 11.3 Å². The van der Waals surface area contributed by atoms with E-state index < -0.39 is 5.41 Å². The first-order valence-electron chi connectivity index (χ1n) is 26.2. The minimum Gasteiger partial charge on any atom is -0.310 e. The second-order valence-electron chi connectivity index (χ2n) is 19.9. The van der Waals surface area contributed by atoms with Crippen LogP contribution >= 0.6 is 11.3 Å². The van der Waals surface area contributed by atoms with Gasteiger partial charge >= 0.3 is 0 Å². The lowest BCUT2D eigenvalue weighted by molar-refractivity contribution is 0.768. The number of benzene rings is 12. The number of fused-ring (bicyclic) bond motifs is 9. The fraction of sp³-hybridized carbons (Fsp3) is 0.0137. The summed E-state index contributed by atoms with van der Waals surface area (Å²) in [5.41, 5.74) is 21.1. The number of hydrogen-bond donors (Lipinski definition) is 0. The van der Waals surface area contributed by atoms with Crippen LogP contribution in [0.2, 0.25) is 0 Å². The van der Waals surface area contributed by atoms with Crippen molar-refractivity contribution in [3.8, 4) is 50.2 Å². The Balaban J connectivity index is 0.942. The second-order valence-corrected chi connectivity index (χ2v) is 21.0. The number of aromatic nitrogens is 1. The lowest BCUT2D eigenvalue weighted by Gasteiger charge is -2.35. The molecule has 2 heterocycles. The summed E-state index contributed by atoms with van der Waals surface area (Å²) in [5.74, 6) is 0. The van der Waals surface area contributed by atoms with E-state index in [1.54, 1.807) is 0 Å². The minimum atomic E-state index is -0.605. The molecule has 0 amide bonds. The first-order valence-corrected chi connectivity index (χ1v) is 27.0. The van der Waals surface area contributed by atoms with Gasteiger partial charge in [0.25, 0.3) is 0 Å². The molecule has 76 heavy (non-hydrogen) atoms. The zero-order chi connectivity index (χ0) is 50.2. The summed E-state index contributed by atoms with van der Waals surface area (Å²) in [4.78, 5) is 2.47. The van der Waals surface area contributed by atoms with Crippen molar-refractivity contribution in [2.75, 3.05) is 4.90 Å². The summed E-state index contributed by atoms with van der Waals surface area (Å²) in [7, 11) is 0. The Kier molecular flexibility index (Phi) is 10.3. The van der Waals surface area contributed by atoms with Crippen molar-refractivity contribution in [3.05, 3.63) is 313 Å². The lowest BCUT2D eigenvalue weighted by Crippen LogP contribution is -2.28. The molecule has 12 aromatic carbocycles. The Morgan fingerprint density at radius 3 is 1.71 bits per heavy atom. The first kappa shape index (κ1) is 44.0. The summed E-state index contributed by atoms with van der Waals surface area (Å²) in [6.45, 7) is 0. The predicted octanol–water partition coefficient (Wildman–Crippen LogP) is 20.0. The van der Waals surface area contributed by atoms with Gasteiger partial charge in [-0.15, -0.1) is 11.3 Å². The van der Waals surface area contributed by atoms with Crippen LogP contribution in [0.25, 0.3) is 92.2 Å². The van der Waals surface area contributed by atoms with Crippen molar-refractivity contribution in [3.63, 3.8) is 0 Å². The zero-order valence-electron chi connectivity index (χ0n) is 41.5. The van der Waals surface area contributed by atoms with Crippen LogP contribution in [0, 0.1) is 0 Å². The smallest absolute Gasteiger partial charge is 0.0714 e. The molecule has 2 nitrogen and oxygen atoms in total. The SMILES string of the molecule is c1ccc(-c2ccc(N(c3cccc(C4(c5ccccc5)c5ccccc5-c5c(-c6ccccc6)cccc54)c3)c3ccc4sc5cccc(-c6ccc7c8ccccc8n(-c8ccccc8)c7c6)c5c4c3)cc2)cc1. The molecule has 15 rings (SSSR count). The molecule has 0 radical (unpaired) electrons. The minimum absolute atomic E-state index is 0.605. The maximum absolute atomic E-state index is 2.47. The van der Waals surface area contributed by atoms with Crippen LogP contribution < -0.4 is 4.90 Å². The predicted molar refractivity (Wildman–Crippen MR) is 322 cm³/mol. The molecule has 1 atom stereocenters. The molecule has 0 fully saturated rings. The van der Waals surface area contributed by atoms with Gasteiger partial charge in [0.05, 0.1) is 16.4 Å². The van der Waals surface area contributed by atoms with E-state index >= 15 is 0 Å². The molecule has 2 aromatic heterocycles.